The Morgan fingerprint density at radius 3 is 2.28 bits per heavy atom. The molecule has 5 heteroatoms. The van der Waals surface area contributed by atoms with Crippen molar-refractivity contribution in [1.82, 2.24) is 15.5 Å². The molecule has 0 spiro atoms. The van der Waals surface area contributed by atoms with Crippen LogP contribution < -0.4 is 5.32 Å². The van der Waals surface area contributed by atoms with Crippen molar-refractivity contribution in [2.75, 3.05) is 6.54 Å². The van der Waals surface area contributed by atoms with E-state index < -0.39 is 0 Å². The first-order valence-corrected chi connectivity index (χ1v) is 6.57. The molecule has 0 atom stereocenters. The van der Waals surface area contributed by atoms with Gasteiger partial charge in [0.1, 0.15) is 0 Å². The molecule has 1 N–H and O–H groups in total. The Labute approximate surface area is 113 Å². The first-order chi connectivity index (χ1) is 8.41. The molecule has 0 radical (unpaired) electrons. The predicted molar refractivity (Wildman–Crippen MR) is 72.5 cm³/mol. The van der Waals surface area contributed by atoms with Gasteiger partial charge in [0.2, 0.25) is 0 Å². The third-order valence-electron chi connectivity index (χ3n) is 3.08. The monoisotopic (exact) mass is 269 g/mol. The van der Waals surface area contributed by atoms with Gasteiger partial charge in [-0.15, -0.1) is 10.2 Å². The van der Waals surface area contributed by atoms with E-state index in [4.69, 9.17) is 11.6 Å². The van der Waals surface area contributed by atoms with Gasteiger partial charge in [-0.2, -0.15) is 0 Å². The number of hydrogen-bond donors (Lipinski definition) is 1. The summed E-state index contributed by atoms with van der Waals surface area (Å²) in [4.78, 5) is 11.8. The highest BCUT2D eigenvalue weighted by molar-refractivity contribution is 6.29. The summed E-state index contributed by atoms with van der Waals surface area (Å²) in [5.41, 5.74) is 0.297. The van der Waals surface area contributed by atoms with Crippen LogP contribution in [0.15, 0.2) is 12.1 Å². The van der Waals surface area contributed by atoms with E-state index in [0.29, 0.717) is 30.0 Å². The van der Waals surface area contributed by atoms with Crippen molar-refractivity contribution in [3.8, 4) is 0 Å². The molecule has 0 saturated heterocycles. The second-order valence-corrected chi connectivity index (χ2v) is 5.49. The van der Waals surface area contributed by atoms with Crippen LogP contribution in [0.1, 0.15) is 38.2 Å². The number of halogens is 1. The lowest BCUT2D eigenvalue weighted by molar-refractivity contribution is 0.0931. The number of nitrogens with one attached hydrogen (secondary N) is 1. The van der Waals surface area contributed by atoms with Crippen LogP contribution in [0.5, 0.6) is 0 Å². The fourth-order valence-electron chi connectivity index (χ4n) is 1.98. The van der Waals surface area contributed by atoms with Crippen molar-refractivity contribution in [2.45, 2.75) is 27.7 Å². The summed E-state index contributed by atoms with van der Waals surface area (Å²) in [7, 11) is 0. The summed E-state index contributed by atoms with van der Waals surface area (Å²) in [5.74, 6) is 1.31. The molecule has 1 aromatic heterocycles. The zero-order chi connectivity index (χ0) is 13.7. The zero-order valence-electron chi connectivity index (χ0n) is 11.3. The summed E-state index contributed by atoms with van der Waals surface area (Å²) in [6.07, 6.45) is 0. The Hall–Kier alpha value is -1.16. The van der Waals surface area contributed by atoms with E-state index in [1.54, 1.807) is 12.1 Å². The van der Waals surface area contributed by atoms with Gasteiger partial charge in [0, 0.05) is 6.54 Å². The molecule has 0 aliphatic rings. The topological polar surface area (TPSA) is 54.9 Å². The summed E-state index contributed by atoms with van der Waals surface area (Å²) >= 11 is 5.62. The maximum atomic E-state index is 11.8. The first kappa shape index (κ1) is 14.9. The van der Waals surface area contributed by atoms with Crippen LogP contribution in [0.25, 0.3) is 0 Å². The van der Waals surface area contributed by atoms with Crippen molar-refractivity contribution >= 4 is 17.5 Å². The molecule has 0 unspecified atom stereocenters. The van der Waals surface area contributed by atoms with Crippen LogP contribution >= 0.6 is 11.6 Å². The molecule has 18 heavy (non-hydrogen) atoms. The smallest absolute Gasteiger partial charge is 0.271 e. The van der Waals surface area contributed by atoms with Crippen molar-refractivity contribution in [3.63, 3.8) is 0 Å². The van der Waals surface area contributed by atoms with Crippen molar-refractivity contribution in [3.05, 3.63) is 23.0 Å². The largest absolute Gasteiger partial charge is 0.350 e. The Kier molecular flexibility index (Phi) is 5.54. The number of aromatic nitrogens is 2. The van der Waals surface area contributed by atoms with Gasteiger partial charge in [0.05, 0.1) is 0 Å². The highest BCUT2D eigenvalue weighted by Gasteiger charge is 2.19. The molecular weight excluding hydrogens is 250 g/mol. The molecule has 0 aromatic carbocycles. The average molecular weight is 270 g/mol. The minimum absolute atomic E-state index is 0.203. The molecule has 0 fully saturated rings. The third-order valence-corrected chi connectivity index (χ3v) is 3.28. The van der Waals surface area contributed by atoms with Crippen LogP contribution in [0.3, 0.4) is 0 Å². The second kappa shape index (κ2) is 6.69. The van der Waals surface area contributed by atoms with Crippen LogP contribution in [0, 0.1) is 17.8 Å². The number of hydrogen-bond acceptors (Lipinski definition) is 3. The molecule has 1 rings (SSSR count). The lowest BCUT2D eigenvalue weighted by atomic mass is 9.85. The van der Waals surface area contributed by atoms with Gasteiger partial charge in [0.15, 0.2) is 10.8 Å². The minimum Gasteiger partial charge on any atom is -0.350 e. The van der Waals surface area contributed by atoms with Gasteiger partial charge < -0.3 is 5.32 Å². The molecule has 0 aliphatic carbocycles. The fraction of sp³-hybridized carbons (Fsp3) is 0.615. The van der Waals surface area contributed by atoms with Crippen molar-refractivity contribution in [2.24, 2.45) is 17.8 Å². The molecule has 4 nitrogen and oxygen atoms in total. The lowest BCUT2D eigenvalue weighted by Crippen LogP contribution is -2.34. The summed E-state index contributed by atoms with van der Waals surface area (Å²) < 4.78 is 0. The fourth-order valence-corrected chi connectivity index (χ4v) is 2.08. The predicted octanol–water partition coefficient (Wildman–Crippen LogP) is 2.79. The van der Waals surface area contributed by atoms with Crippen LogP contribution in [-0.2, 0) is 0 Å². The van der Waals surface area contributed by atoms with Crippen molar-refractivity contribution < 1.29 is 4.79 Å². The molecular formula is C13H20ClN3O. The van der Waals surface area contributed by atoms with Gasteiger partial charge in [-0.05, 0) is 29.9 Å². The number of carbonyl (C=O) groups excluding carboxylic acids is 1. The van der Waals surface area contributed by atoms with E-state index in [2.05, 4.69) is 43.2 Å². The average Bonchev–Trinajstić information content (AvgIpc) is 2.28. The minimum atomic E-state index is -0.203. The number of nitrogens with zero attached hydrogens (tertiary/aromatic N) is 2. The van der Waals surface area contributed by atoms with E-state index in [9.17, 15) is 4.79 Å². The molecule has 100 valence electrons. The normalized spacial score (nSPS) is 11.3. The Morgan fingerprint density at radius 1 is 1.22 bits per heavy atom. The van der Waals surface area contributed by atoms with Crippen molar-refractivity contribution in [1.29, 1.82) is 0 Å². The summed E-state index contributed by atoms with van der Waals surface area (Å²) in [6, 6.07) is 3.14. The zero-order valence-corrected chi connectivity index (χ0v) is 12.0. The molecule has 1 aromatic rings. The standard InChI is InChI=1S/C13H20ClN3O/c1-8(2)10(9(3)4)7-15-13(18)11-5-6-12(14)17-16-11/h5-6,8-10H,7H2,1-4H3,(H,15,18). The SMILES string of the molecule is CC(C)C(CNC(=O)c1ccc(Cl)nn1)C(C)C. The van der Waals surface area contributed by atoms with E-state index in [0.717, 1.165) is 0 Å². The second-order valence-electron chi connectivity index (χ2n) is 5.10. The summed E-state index contributed by atoms with van der Waals surface area (Å²) in [6.45, 7) is 9.31. The van der Waals surface area contributed by atoms with E-state index in [1.165, 1.54) is 0 Å². The molecule has 0 saturated carbocycles. The third kappa shape index (κ3) is 4.26. The number of amides is 1. The molecule has 1 amide bonds. The summed E-state index contributed by atoms with van der Waals surface area (Å²) in [5, 5.41) is 10.6. The highest BCUT2D eigenvalue weighted by atomic mass is 35.5. The number of carbonyl (C=O) groups is 1. The van der Waals surface area contributed by atoms with E-state index >= 15 is 0 Å². The highest BCUT2D eigenvalue weighted by Crippen LogP contribution is 2.19. The maximum absolute atomic E-state index is 11.8. The van der Waals surface area contributed by atoms with Gasteiger partial charge in [-0.25, -0.2) is 0 Å². The van der Waals surface area contributed by atoms with E-state index in [1.807, 2.05) is 0 Å². The van der Waals surface area contributed by atoms with Crippen LogP contribution in [0.2, 0.25) is 5.15 Å². The van der Waals surface area contributed by atoms with Gasteiger partial charge in [-0.3, -0.25) is 4.79 Å². The first-order valence-electron chi connectivity index (χ1n) is 6.19. The quantitative estimate of drug-likeness (QED) is 0.894. The van der Waals surface area contributed by atoms with Crippen LogP contribution in [-0.4, -0.2) is 22.6 Å². The van der Waals surface area contributed by atoms with E-state index in [-0.39, 0.29) is 11.1 Å². The van der Waals surface area contributed by atoms with Crippen LogP contribution in [0.4, 0.5) is 0 Å². The Bertz CT molecular complexity index is 382. The molecule has 0 aliphatic heterocycles. The van der Waals surface area contributed by atoms with Gasteiger partial charge in [0.25, 0.3) is 5.91 Å². The van der Waals surface area contributed by atoms with Gasteiger partial charge >= 0.3 is 0 Å². The number of rotatable bonds is 5. The lowest BCUT2D eigenvalue weighted by Gasteiger charge is -2.24. The Balaban J connectivity index is 2.57. The Morgan fingerprint density at radius 2 is 1.83 bits per heavy atom. The maximum Gasteiger partial charge on any atom is 0.271 e. The molecule has 1 heterocycles. The van der Waals surface area contributed by atoms with Gasteiger partial charge in [-0.1, -0.05) is 39.3 Å². The molecule has 0 bridgehead atoms.